The molecule has 1 aliphatic carbocycles. The molecule has 0 radical (unpaired) electrons. The van der Waals surface area contributed by atoms with E-state index < -0.39 is 0 Å². The SMILES string of the molecule is CCCN(CC1CC1)c1ccc(N)c(C(=O)OC)c1. The van der Waals surface area contributed by atoms with Crippen molar-refractivity contribution >= 4 is 17.3 Å². The molecule has 0 amide bonds. The molecule has 0 unspecified atom stereocenters. The highest BCUT2D eigenvalue weighted by Crippen LogP contribution is 2.32. The maximum Gasteiger partial charge on any atom is 0.340 e. The van der Waals surface area contributed by atoms with Crippen molar-refractivity contribution in [2.75, 3.05) is 30.8 Å². The van der Waals surface area contributed by atoms with Gasteiger partial charge in [0, 0.05) is 24.5 Å². The van der Waals surface area contributed by atoms with Gasteiger partial charge in [0.2, 0.25) is 0 Å². The highest BCUT2D eigenvalue weighted by molar-refractivity contribution is 5.96. The Morgan fingerprint density at radius 3 is 2.79 bits per heavy atom. The first-order valence-electron chi connectivity index (χ1n) is 6.88. The molecule has 1 saturated carbocycles. The maximum absolute atomic E-state index is 11.7. The van der Waals surface area contributed by atoms with Gasteiger partial charge in [-0.25, -0.2) is 4.79 Å². The lowest BCUT2D eigenvalue weighted by molar-refractivity contribution is 0.0602. The minimum absolute atomic E-state index is 0.373. The number of carbonyl (C=O) groups excluding carboxylic acids is 1. The zero-order chi connectivity index (χ0) is 13.8. The van der Waals surface area contributed by atoms with Gasteiger partial charge in [0.15, 0.2) is 0 Å². The van der Waals surface area contributed by atoms with E-state index in [1.807, 2.05) is 12.1 Å². The van der Waals surface area contributed by atoms with E-state index >= 15 is 0 Å². The number of hydrogen-bond acceptors (Lipinski definition) is 4. The van der Waals surface area contributed by atoms with Crippen LogP contribution in [-0.4, -0.2) is 26.2 Å². The Morgan fingerprint density at radius 2 is 2.21 bits per heavy atom. The molecule has 1 aromatic carbocycles. The van der Waals surface area contributed by atoms with Gasteiger partial charge >= 0.3 is 5.97 Å². The largest absolute Gasteiger partial charge is 0.465 e. The number of nitrogens with two attached hydrogens (primary N) is 1. The summed E-state index contributed by atoms with van der Waals surface area (Å²) in [5.74, 6) is 0.438. The van der Waals surface area contributed by atoms with E-state index in [0.29, 0.717) is 11.3 Å². The number of carbonyl (C=O) groups is 1. The van der Waals surface area contributed by atoms with Gasteiger partial charge in [-0.05, 0) is 43.4 Å². The lowest BCUT2D eigenvalue weighted by atomic mass is 10.1. The van der Waals surface area contributed by atoms with Gasteiger partial charge < -0.3 is 15.4 Å². The highest BCUT2D eigenvalue weighted by atomic mass is 16.5. The number of esters is 1. The predicted molar refractivity (Wildman–Crippen MR) is 77.4 cm³/mol. The van der Waals surface area contributed by atoms with Crippen LogP contribution in [0.5, 0.6) is 0 Å². The number of nitrogen functional groups attached to an aromatic ring is 1. The minimum atomic E-state index is -0.373. The molecular weight excluding hydrogens is 240 g/mol. The molecule has 104 valence electrons. The van der Waals surface area contributed by atoms with Crippen LogP contribution in [0.3, 0.4) is 0 Å². The fraction of sp³-hybridized carbons (Fsp3) is 0.533. The molecule has 0 aromatic heterocycles. The van der Waals surface area contributed by atoms with Crippen LogP contribution in [0.25, 0.3) is 0 Å². The van der Waals surface area contributed by atoms with Gasteiger partial charge in [-0.3, -0.25) is 0 Å². The van der Waals surface area contributed by atoms with Gasteiger partial charge in [-0.2, -0.15) is 0 Å². The van der Waals surface area contributed by atoms with Gasteiger partial charge in [-0.1, -0.05) is 6.92 Å². The average Bonchev–Trinajstić information content (AvgIpc) is 3.22. The van der Waals surface area contributed by atoms with Crippen LogP contribution in [-0.2, 0) is 4.74 Å². The molecular formula is C15H22N2O2. The molecule has 4 heteroatoms. The lowest BCUT2D eigenvalue weighted by Gasteiger charge is -2.25. The molecule has 0 aliphatic heterocycles. The molecule has 0 heterocycles. The summed E-state index contributed by atoms with van der Waals surface area (Å²) < 4.78 is 4.77. The van der Waals surface area contributed by atoms with Crippen LogP contribution in [0.1, 0.15) is 36.5 Å². The van der Waals surface area contributed by atoms with Crippen molar-refractivity contribution in [2.45, 2.75) is 26.2 Å². The molecule has 1 aliphatic rings. The first-order chi connectivity index (χ1) is 9.15. The summed E-state index contributed by atoms with van der Waals surface area (Å²) in [6, 6.07) is 5.62. The first kappa shape index (κ1) is 13.7. The summed E-state index contributed by atoms with van der Waals surface area (Å²) in [7, 11) is 1.38. The molecule has 0 spiro atoms. The van der Waals surface area contributed by atoms with Crippen molar-refractivity contribution < 1.29 is 9.53 Å². The molecule has 2 N–H and O–H groups in total. The van der Waals surface area contributed by atoms with Gasteiger partial charge in [0.25, 0.3) is 0 Å². The van der Waals surface area contributed by atoms with E-state index in [0.717, 1.165) is 31.1 Å². The van der Waals surface area contributed by atoms with Crippen LogP contribution >= 0.6 is 0 Å². The Bertz CT molecular complexity index is 455. The van der Waals surface area contributed by atoms with Crippen molar-refractivity contribution in [1.29, 1.82) is 0 Å². The summed E-state index contributed by atoms with van der Waals surface area (Å²) in [6.07, 6.45) is 3.72. The fourth-order valence-electron chi connectivity index (χ4n) is 2.24. The summed E-state index contributed by atoms with van der Waals surface area (Å²) in [6.45, 7) is 4.23. The monoisotopic (exact) mass is 262 g/mol. The Kier molecular flexibility index (Phi) is 4.30. The average molecular weight is 262 g/mol. The molecule has 0 bridgehead atoms. The van der Waals surface area contributed by atoms with Crippen molar-refractivity contribution in [3.8, 4) is 0 Å². The Hall–Kier alpha value is -1.71. The fourth-order valence-corrected chi connectivity index (χ4v) is 2.24. The Morgan fingerprint density at radius 1 is 1.47 bits per heavy atom. The van der Waals surface area contributed by atoms with Crippen LogP contribution < -0.4 is 10.6 Å². The zero-order valence-corrected chi connectivity index (χ0v) is 11.7. The summed E-state index contributed by atoms with van der Waals surface area (Å²) >= 11 is 0. The highest BCUT2D eigenvalue weighted by Gasteiger charge is 2.24. The number of rotatable bonds is 6. The van der Waals surface area contributed by atoms with E-state index in [1.165, 1.54) is 20.0 Å². The van der Waals surface area contributed by atoms with Crippen LogP contribution in [0, 0.1) is 5.92 Å². The number of nitrogens with zero attached hydrogens (tertiary/aromatic N) is 1. The third-order valence-electron chi connectivity index (χ3n) is 3.48. The van der Waals surface area contributed by atoms with E-state index in [2.05, 4.69) is 11.8 Å². The number of anilines is 2. The third kappa shape index (κ3) is 3.40. The Labute approximate surface area is 114 Å². The summed E-state index contributed by atoms with van der Waals surface area (Å²) in [5, 5.41) is 0. The first-order valence-corrected chi connectivity index (χ1v) is 6.88. The quantitative estimate of drug-likeness (QED) is 0.632. The van der Waals surface area contributed by atoms with E-state index in [4.69, 9.17) is 10.5 Å². The normalized spacial score (nSPS) is 14.2. The summed E-state index contributed by atoms with van der Waals surface area (Å²) in [5.41, 5.74) is 7.82. The molecule has 0 atom stereocenters. The van der Waals surface area contributed by atoms with Gasteiger partial charge in [0.1, 0.15) is 0 Å². The van der Waals surface area contributed by atoms with Crippen LogP contribution in [0.2, 0.25) is 0 Å². The molecule has 4 nitrogen and oxygen atoms in total. The van der Waals surface area contributed by atoms with Crippen molar-refractivity contribution in [1.82, 2.24) is 0 Å². The second-order valence-corrected chi connectivity index (χ2v) is 5.15. The molecule has 0 saturated heterocycles. The third-order valence-corrected chi connectivity index (χ3v) is 3.48. The van der Waals surface area contributed by atoms with Crippen LogP contribution in [0.4, 0.5) is 11.4 Å². The second kappa shape index (κ2) is 5.95. The molecule has 1 aromatic rings. The topological polar surface area (TPSA) is 55.6 Å². The number of hydrogen-bond donors (Lipinski definition) is 1. The Balaban J connectivity index is 2.23. The van der Waals surface area contributed by atoms with E-state index in [1.54, 1.807) is 6.07 Å². The van der Waals surface area contributed by atoms with Crippen LogP contribution in [0.15, 0.2) is 18.2 Å². The smallest absolute Gasteiger partial charge is 0.340 e. The van der Waals surface area contributed by atoms with E-state index in [-0.39, 0.29) is 5.97 Å². The molecule has 2 rings (SSSR count). The standard InChI is InChI=1S/C15H22N2O2/c1-3-8-17(10-11-4-5-11)12-6-7-14(16)13(9-12)15(18)19-2/h6-7,9,11H,3-5,8,10,16H2,1-2H3. The van der Waals surface area contributed by atoms with E-state index in [9.17, 15) is 4.79 Å². The number of ether oxygens (including phenoxy) is 1. The van der Waals surface area contributed by atoms with Gasteiger partial charge in [-0.15, -0.1) is 0 Å². The molecule has 19 heavy (non-hydrogen) atoms. The van der Waals surface area contributed by atoms with Crippen molar-refractivity contribution in [3.63, 3.8) is 0 Å². The maximum atomic E-state index is 11.7. The lowest BCUT2D eigenvalue weighted by Crippen LogP contribution is -2.26. The van der Waals surface area contributed by atoms with Crippen molar-refractivity contribution in [2.24, 2.45) is 5.92 Å². The van der Waals surface area contributed by atoms with Crippen molar-refractivity contribution in [3.05, 3.63) is 23.8 Å². The second-order valence-electron chi connectivity index (χ2n) is 5.15. The number of methoxy groups -OCH3 is 1. The minimum Gasteiger partial charge on any atom is -0.465 e. The van der Waals surface area contributed by atoms with Gasteiger partial charge in [0.05, 0.1) is 12.7 Å². The molecule has 1 fully saturated rings. The predicted octanol–water partition coefficient (Wildman–Crippen LogP) is 2.68. The summed E-state index contributed by atoms with van der Waals surface area (Å²) in [4.78, 5) is 14.0. The number of benzene rings is 1. The zero-order valence-electron chi connectivity index (χ0n) is 11.7.